The Bertz CT molecular complexity index is 494. The van der Waals surface area contributed by atoms with Crippen LogP contribution in [0.1, 0.15) is 5.56 Å². The fraction of sp³-hybridized carbons (Fsp3) is 0.571. The number of aromatic hydroxyl groups is 1. The fourth-order valence-corrected chi connectivity index (χ4v) is 2.19. The molecule has 0 aromatic heterocycles. The van der Waals surface area contributed by atoms with Crippen LogP contribution in [-0.2, 0) is 16.1 Å². The Balaban J connectivity index is 1.87. The van der Waals surface area contributed by atoms with Gasteiger partial charge in [-0.25, -0.2) is 0 Å². The molecular formula is C14H20O8. The van der Waals surface area contributed by atoms with Crippen molar-refractivity contribution in [2.45, 2.75) is 37.3 Å². The third kappa shape index (κ3) is 3.67. The van der Waals surface area contributed by atoms with Crippen LogP contribution in [0, 0.1) is 0 Å². The maximum absolute atomic E-state index is 9.75. The number of benzene rings is 1. The number of aliphatic hydroxyl groups is 4. The third-order valence-electron chi connectivity index (χ3n) is 3.48. The number of rotatable bonds is 5. The number of methoxy groups -OCH3 is 1. The first-order chi connectivity index (χ1) is 10.4. The number of phenols is 1. The van der Waals surface area contributed by atoms with Gasteiger partial charge in [0.1, 0.15) is 24.4 Å². The van der Waals surface area contributed by atoms with Crippen LogP contribution < -0.4 is 4.74 Å². The molecule has 5 N–H and O–H groups in total. The molecule has 0 unspecified atom stereocenters. The molecule has 22 heavy (non-hydrogen) atoms. The van der Waals surface area contributed by atoms with E-state index in [1.807, 2.05) is 0 Å². The summed E-state index contributed by atoms with van der Waals surface area (Å²) in [7, 11) is 1.44. The highest BCUT2D eigenvalue weighted by Gasteiger charge is 2.42. The molecule has 0 aliphatic carbocycles. The summed E-state index contributed by atoms with van der Waals surface area (Å²) in [4.78, 5) is 0. The molecule has 0 spiro atoms. The maximum atomic E-state index is 9.75. The van der Waals surface area contributed by atoms with E-state index < -0.39 is 30.7 Å². The SMILES string of the molecule is COc1ccc(COC[C@H]2O[C@H](O)[C@@H](O)[C@@H](O)[C@@H]2O)cc1O. The van der Waals surface area contributed by atoms with Gasteiger partial charge in [0.25, 0.3) is 0 Å². The minimum atomic E-state index is -1.59. The van der Waals surface area contributed by atoms with E-state index in [1.165, 1.54) is 13.2 Å². The Hall–Kier alpha value is -1.42. The maximum Gasteiger partial charge on any atom is 0.184 e. The van der Waals surface area contributed by atoms with Gasteiger partial charge in [-0.2, -0.15) is 0 Å². The van der Waals surface area contributed by atoms with E-state index >= 15 is 0 Å². The largest absolute Gasteiger partial charge is 0.504 e. The number of hydrogen-bond donors (Lipinski definition) is 5. The standard InChI is InChI=1S/C14H20O8/c1-20-9-3-2-7(4-8(9)15)5-21-6-10-11(16)12(17)13(18)14(19)22-10/h2-4,10-19H,5-6H2,1H3/t10-,11-,12+,13+,14+/m1/s1. The molecule has 1 fully saturated rings. The van der Waals surface area contributed by atoms with E-state index in [1.54, 1.807) is 12.1 Å². The molecule has 1 aliphatic heterocycles. The first-order valence-electron chi connectivity index (χ1n) is 6.75. The predicted molar refractivity (Wildman–Crippen MR) is 73.2 cm³/mol. The monoisotopic (exact) mass is 316 g/mol. The van der Waals surface area contributed by atoms with Crippen LogP contribution in [0.2, 0.25) is 0 Å². The molecule has 5 atom stereocenters. The lowest BCUT2D eigenvalue weighted by Gasteiger charge is -2.38. The predicted octanol–water partition coefficient (Wildman–Crippen LogP) is -1.28. The van der Waals surface area contributed by atoms with Crippen LogP contribution in [0.25, 0.3) is 0 Å². The second kappa shape index (κ2) is 7.23. The molecule has 0 radical (unpaired) electrons. The van der Waals surface area contributed by atoms with Crippen molar-refractivity contribution in [3.05, 3.63) is 23.8 Å². The van der Waals surface area contributed by atoms with E-state index in [0.717, 1.165) is 0 Å². The van der Waals surface area contributed by atoms with Gasteiger partial charge in [0.05, 0.1) is 20.3 Å². The smallest absolute Gasteiger partial charge is 0.184 e. The van der Waals surface area contributed by atoms with E-state index in [-0.39, 0.29) is 19.0 Å². The van der Waals surface area contributed by atoms with Gasteiger partial charge in [-0.05, 0) is 17.7 Å². The van der Waals surface area contributed by atoms with Crippen molar-refractivity contribution in [3.63, 3.8) is 0 Å². The molecule has 0 amide bonds. The summed E-state index contributed by atoms with van der Waals surface area (Å²) in [5.74, 6) is 0.321. The van der Waals surface area contributed by atoms with Gasteiger partial charge in [-0.3, -0.25) is 0 Å². The first kappa shape index (κ1) is 16.9. The van der Waals surface area contributed by atoms with Crippen LogP contribution in [0.3, 0.4) is 0 Å². The van der Waals surface area contributed by atoms with Crippen LogP contribution in [-0.4, -0.2) is 70.0 Å². The van der Waals surface area contributed by atoms with Gasteiger partial charge >= 0.3 is 0 Å². The molecule has 1 saturated heterocycles. The van der Waals surface area contributed by atoms with Crippen LogP contribution in [0.15, 0.2) is 18.2 Å². The van der Waals surface area contributed by atoms with Gasteiger partial charge in [0, 0.05) is 0 Å². The van der Waals surface area contributed by atoms with Crippen molar-refractivity contribution < 1.29 is 39.7 Å². The minimum absolute atomic E-state index is 0.0217. The first-order valence-corrected chi connectivity index (χ1v) is 6.75. The van der Waals surface area contributed by atoms with Crippen molar-refractivity contribution in [2.24, 2.45) is 0 Å². The third-order valence-corrected chi connectivity index (χ3v) is 3.48. The average molecular weight is 316 g/mol. The summed E-state index contributed by atoms with van der Waals surface area (Å²) in [6.45, 7) is 0.0215. The number of phenolic OH excluding ortho intramolecular Hbond substituents is 1. The molecule has 0 saturated carbocycles. The number of ether oxygens (including phenoxy) is 3. The summed E-state index contributed by atoms with van der Waals surface area (Å²) in [5, 5.41) is 47.7. The topological polar surface area (TPSA) is 129 Å². The van der Waals surface area contributed by atoms with Crippen LogP contribution >= 0.6 is 0 Å². The highest BCUT2D eigenvalue weighted by molar-refractivity contribution is 5.41. The molecule has 1 aromatic rings. The lowest BCUT2D eigenvalue weighted by atomic mass is 9.99. The molecule has 2 rings (SSSR count). The number of hydrogen-bond acceptors (Lipinski definition) is 8. The molecular weight excluding hydrogens is 296 g/mol. The molecule has 124 valence electrons. The van der Waals surface area contributed by atoms with Gasteiger partial charge in [-0.1, -0.05) is 6.07 Å². The second-order valence-electron chi connectivity index (χ2n) is 5.06. The molecule has 8 nitrogen and oxygen atoms in total. The van der Waals surface area contributed by atoms with Crippen molar-refractivity contribution in [3.8, 4) is 11.5 Å². The zero-order valence-corrected chi connectivity index (χ0v) is 12.0. The van der Waals surface area contributed by atoms with Crippen LogP contribution in [0.5, 0.6) is 11.5 Å². The van der Waals surface area contributed by atoms with E-state index in [4.69, 9.17) is 14.2 Å². The van der Waals surface area contributed by atoms with Gasteiger partial charge < -0.3 is 39.7 Å². The molecule has 1 aromatic carbocycles. The second-order valence-corrected chi connectivity index (χ2v) is 5.06. The lowest BCUT2D eigenvalue weighted by Crippen LogP contribution is -2.58. The minimum Gasteiger partial charge on any atom is -0.504 e. The van der Waals surface area contributed by atoms with E-state index in [0.29, 0.717) is 11.3 Å². The van der Waals surface area contributed by atoms with Gasteiger partial charge in [-0.15, -0.1) is 0 Å². The molecule has 8 heteroatoms. The van der Waals surface area contributed by atoms with E-state index in [2.05, 4.69) is 0 Å². The van der Waals surface area contributed by atoms with E-state index in [9.17, 15) is 25.5 Å². The fourth-order valence-electron chi connectivity index (χ4n) is 2.19. The zero-order chi connectivity index (χ0) is 16.3. The summed E-state index contributed by atoms with van der Waals surface area (Å²) in [6, 6.07) is 4.76. The summed E-state index contributed by atoms with van der Waals surface area (Å²) in [5.41, 5.74) is 0.671. The highest BCUT2D eigenvalue weighted by atomic mass is 16.6. The Morgan fingerprint density at radius 1 is 1.09 bits per heavy atom. The summed E-state index contributed by atoms with van der Waals surface area (Å²) >= 11 is 0. The number of aliphatic hydroxyl groups excluding tert-OH is 4. The molecule has 0 bridgehead atoms. The lowest BCUT2D eigenvalue weighted by molar-refractivity contribution is -0.289. The Morgan fingerprint density at radius 3 is 2.45 bits per heavy atom. The Kier molecular flexibility index (Phi) is 5.57. The van der Waals surface area contributed by atoms with Crippen molar-refractivity contribution in [1.29, 1.82) is 0 Å². The van der Waals surface area contributed by atoms with Crippen molar-refractivity contribution in [2.75, 3.05) is 13.7 Å². The zero-order valence-electron chi connectivity index (χ0n) is 12.0. The Morgan fingerprint density at radius 2 is 1.82 bits per heavy atom. The van der Waals surface area contributed by atoms with Gasteiger partial charge in [0.15, 0.2) is 17.8 Å². The van der Waals surface area contributed by atoms with Gasteiger partial charge in [0.2, 0.25) is 0 Å². The van der Waals surface area contributed by atoms with Crippen LogP contribution in [0.4, 0.5) is 0 Å². The average Bonchev–Trinajstić information content (AvgIpc) is 2.50. The highest BCUT2D eigenvalue weighted by Crippen LogP contribution is 2.26. The van der Waals surface area contributed by atoms with Crippen molar-refractivity contribution >= 4 is 0 Å². The quantitative estimate of drug-likeness (QED) is 0.454. The molecule has 1 aliphatic rings. The Labute approximate surface area is 127 Å². The molecule has 1 heterocycles. The summed E-state index contributed by atoms with van der Waals surface area (Å²) < 4.78 is 15.3. The normalized spacial score (nSPS) is 32.0. The van der Waals surface area contributed by atoms with Crippen molar-refractivity contribution in [1.82, 2.24) is 0 Å². The summed E-state index contributed by atoms with van der Waals surface area (Å²) in [6.07, 6.45) is -7.01.